The van der Waals surface area contributed by atoms with E-state index >= 15 is 0 Å². The molecule has 0 fully saturated rings. The van der Waals surface area contributed by atoms with Crippen LogP contribution in [0.3, 0.4) is 0 Å². The highest BCUT2D eigenvalue weighted by Crippen LogP contribution is 2.26. The number of nitrogens with zero attached hydrogens (tertiary/aromatic N) is 1. The lowest BCUT2D eigenvalue weighted by atomic mass is 10.1. The first-order valence-corrected chi connectivity index (χ1v) is 9.01. The Morgan fingerprint density at radius 2 is 1.95 bits per heavy atom. The smallest absolute Gasteiger partial charge is 0.0430 e. The molecule has 2 rings (SSSR count). The molecule has 2 aromatic rings. The van der Waals surface area contributed by atoms with Crippen molar-refractivity contribution < 1.29 is 0 Å². The Hall–Kier alpha value is -0.840. The van der Waals surface area contributed by atoms with Gasteiger partial charge in [-0.2, -0.15) is 0 Å². The minimum absolute atomic E-state index is 0.340. The third-order valence-electron chi connectivity index (χ3n) is 3.21. The number of hydrogen-bond donors (Lipinski definition) is 1. The highest BCUT2D eigenvalue weighted by Gasteiger charge is 2.11. The van der Waals surface area contributed by atoms with Crippen LogP contribution in [0.2, 0.25) is 0 Å². The minimum atomic E-state index is 0.340. The summed E-state index contributed by atoms with van der Waals surface area (Å²) >= 11 is 5.35. The van der Waals surface area contributed by atoms with Crippen molar-refractivity contribution in [3.05, 3.63) is 58.3 Å². The second-order valence-corrected chi connectivity index (χ2v) is 7.01. The molecular formula is C17H21BrN2S. The average molecular weight is 365 g/mol. The largest absolute Gasteiger partial charge is 0.309 e. The molecule has 21 heavy (non-hydrogen) atoms. The normalized spacial score (nSPS) is 12.3. The van der Waals surface area contributed by atoms with Crippen LogP contribution in [0.4, 0.5) is 0 Å². The lowest BCUT2D eigenvalue weighted by molar-refractivity contribution is 0.575. The summed E-state index contributed by atoms with van der Waals surface area (Å²) in [6.07, 6.45) is 3.13. The van der Waals surface area contributed by atoms with Gasteiger partial charge in [-0.1, -0.05) is 28.9 Å². The maximum absolute atomic E-state index is 4.42. The number of halogens is 1. The van der Waals surface area contributed by atoms with Gasteiger partial charge in [-0.05, 0) is 55.8 Å². The van der Waals surface area contributed by atoms with Gasteiger partial charge in [0.25, 0.3) is 0 Å². The number of aryl methyl sites for hydroxylation is 1. The molecule has 4 heteroatoms. The molecule has 1 unspecified atom stereocenters. The monoisotopic (exact) mass is 364 g/mol. The molecule has 0 bridgehead atoms. The van der Waals surface area contributed by atoms with E-state index in [2.05, 4.69) is 69.6 Å². The van der Waals surface area contributed by atoms with Crippen LogP contribution in [0, 0.1) is 6.92 Å². The van der Waals surface area contributed by atoms with Crippen molar-refractivity contribution in [3.63, 3.8) is 0 Å². The number of benzene rings is 1. The van der Waals surface area contributed by atoms with E-state index in [0.29, 0.717) is 6.04 Å². The summed E-state index contributed by atoms with van der Waals surface area (Å²) in [5.74, 6) is 1.01. The van der Waals surface area contributed by atoms with Crippen LogP contribution < -0.4 is 5.32 Å². The van der Waals surface area contributed by atoms with Gasteiger partial charge in [0.05, 0.1) is 0 Å². The zero-order valence-corrected chi connectivity index (χ0v) is 14.9. The van der Waals surface area contributed by atoms with Crippen LogP contribution in [0.15, 0.2) is 52.0 Å². The van der Waals surface area contributed by atoms with Crippen LogP contribution >= 0.6 is 27.7 Å². The zero-order valence-electron chi connectivity index (χ0n) is 12.5. The molecule has 112 valence electrons. The molecule has 0 spiro atoms. The molecule has 0 aliphatic heterocycles. The molecule has 0 amide bonds. The fourth-order valence-electron chi connectivity index (χ4n) is 1.99. The Morgan fingerprint density at radius 3 is 2.57 bits per heavy atom. The highest BCUT2D eigenvalue weighted by atomic mass is 79.9. The Kier molecular flexibility index (Phi) is 6.74. The van der Waals surface area contributed by atoms with Crippen molar-refractivity contribution in [2.45, 2.75) is 31.2 Å². The van der Waals surface area contributed by atoms with E-state index in [1.165, 1.54) is 10.5 Å². The first-order chi connectivity index (χ1) is 10.2. The van der Waals surface area contributed by atoms with Crippen LogP contribution in [0.1, 0.15) is 30.6 Å². The molecule has 0 aliphatic rings. The standard InChI is InChI=1S/C17H21BrN2S/c1-3-10-19-17(14-5-4-13(2)20-11-14)12-21-16-8-6-15(18)7-9-16/h4-9,11,17,19H,3,10,12H2,1-2H3. The van der Waals surface area contributed by atoms with Gasteiger partial charge >= 0.3 is 0 Å². The van der Waals surface area contributed by atoms with E-state index in [1.807, 2.05) is 24.9 Å². The molecule has 1 atom stereocenters. The number of nitrogens with one attached hydrogen (secondary N) is 1. The van der Waals surface area contributed by atoms with Gasteiger partial charge in [-0.15, -0.1) is 11.8 Å². The molecule has 2 nitrogen and oxygen atoms in total. The fourth-order valence-corrected chi connectivity index (χ4v) is 3.25. The van der Waals surface area contributed by atoms with Crippen LogP contribution in [0.25, 0.3) is 0 Å². The Balaban J connectivity index is 2.02. The number of hydrogen-bond acceptors (Lipinski definition) is 3. The van der Waals surface area contributed by atoms with E-state index in [1.54, 1.807) is 0 Å². The number of aromatic nitrogens is 1. The van der Waals surface area contributed by atoms with E-state index in [4.69, 9.17) is 0 Å². The maximum atomic E-state index is 4.42. The molecule has 0 radical (unpaired) electrons. The molecule has 1 heterocycles. The summed E-state index contributed by atoms with van der Waals surface area (Å²) in [5.41, 5.74) is 2.33. The van der Waals surface area contributed by atoms with Crippen molar-refractivity contribution >= 4 is 27.7 Å². The number of pyridine rings is 1. The Morgan fingerprint density at radius 1 is 1.19 bits per heavy atom. The summed E-state index contributed by atoms with van der Waals surface area (Å²) in [5, 5.41) is 3.62. The van der Waals surface area contributed by atoms with Crippen LogP contribution in [-0.4, -0.2) is 17.3 Å². The van der Waals surface area contributed by atoms with Crippen molar-refractivity contribution in [2.24, 2.45) is 0 Å². The minimum Gasteiger partial charge on any atom is -0.309 e. The maximum Gasteiger partial charge on any atom is 0.0430 e. The third-order valence-corrected chi connectivity index (χ3v) is 4.84. The predicted octanol–water partition coefficient (Wildman–Crippen LogP) is 4.99. The molecule has 0 saturated heterocycles. The van der Waals surface area contributed by atoms with Crippen molar-refractivity contribution in [1.82, 2.24) is 10.3 Å². The van der Waals surface area contributed by atoms with E-state index in [0.717, 1.165) is 28.9 Å². The predicted molar refractivity (Wildman–Crippen MR) is 94.9 cm³/mol. The topological polar surface area (TPSA) is 24.9 Å². The Labute approximate surface area is 139 Å². The van der Waals surface area contributed by atoms with Gasteiger partial charge < -0.3 is 5.32 Å². The summed E-state index contributed by atoms with van der Waals surface area (Å²) in [7, 11) is 0. The van der Waals surface area contributed by atoms with Crippen LogP contribution in [0.5, 0.6) is 0 Å². The highest BCUT2D eigenvalue weighted by molar-refractivity contribution is 9.10. The van der Waals surface area contributed by atoms with Crippen LogP contribution in [-0.2, 0) is 0 Å². The fraction of sp³-hybridized carbons (Fsp3) is 0.353. The molecule has 0 aliphatic carbocycles. The summed E-state index contributed by atoms with van der Waals surface area (Å²) in [4.78, 5) is 5.71. The summed E-state index contributed by atoms with van der Waals surface area (Å²) in [6.45, 7) is 5.24. The quantitative estimate of drug-likeness (QED) is 0.700. The zero-order chi connectivity index (χ0) is 15.1. The first kappa shape index (κ1) is 16.5. The second kappa shape index (κ2) is 8.57. The van der Waals surface area contributed by atoms with Crippen molar-refractivity contribution in [1.29, 1.82) is 0 Å². The van der Waals surface area contributed by atoms with Crippen molar-refractivity contribution in [2.75, 3.05) is 12.3 Å². The molecule has 1 aromatic heterocycles. The van der Waals surface area contributed by atoms with Gasteiger partial charge in [0, 0.05) is 33.1 Å². The average Bonchev–Trinajstić information content (AvgIpc) is 2.50. The molecule has 0 saturated carbocycles. The van der Waals surface area contributed by atoms with E-state index in [-0.39, 0.29) is 0 Å². The first-order valence-electron chi connectivity index (χ1n) is 7.23. The number of thioether (sulfide) groups is 1. The molecular weight excluding hydrogens is 344 g/mol. The SMILES string of the molecule is CCCNC(CSc1ccc(Br)cc1)c1ccc(C)nc1. The second-order valence-electron chi connectivity index (χ2n) is 5.00. The van der Waals surface area contributed by atoms with Crippen molar-refractivity contribution in [3.8, 4) is 0 Å². The summed E-state index contributed by atoms with van der Waals surface area (Å²) in [6, 6.07) is 13.1. The molecule has 1 N–H and O–H groups in total. The van der Waals surface area contributed by atoms with E-state index < -0.39 is 0 Å². The lowest BCUT2D eigenvalue weighted by Crippen LogP contribution is -2.24. The Bertz CT molecular complexity index is 540. The van der Waals surface area contributed by atoms with Gasteiger partial charge in [-0.25, -0.2) is 0 Å². The van der Waals surface area contributed by atoms with E-state index in [9.17, 15) is 0 Å². The van der Waals surface area contributed by atoms with Gasteiger partial charge in [0.2, 0.25) is 0 Å². The third kappa shape index (κ3) is 5.46. The molecule has 1 aromatic carbocycles. The van der Waals surface area contributed by atoms with Gasteiger partial charge in [-0.3, -0.25) is 4.98 Å². The number of rotatable bonds is 7. The van der Waals surface area contributed by atoms with Gasteiger partial charge in [0.1, 0.15) is 0 Å². The summed E-state index contributed by atoms with van der Waals surface area (Å²) < 4.78 is 1.12. The lowest BCUT2D eigenvalue weighted by Gasteiger charge is -2.18. The van der Waals surface area contributed by atoms with Gasteiger partial charge in [0.15, 0.2) is 0 Å².